The summed E-state index contributed by atoms with van der Waals surface area (Å²) in [4.78, 5) is 0. The maximum Gasteiger partial charge on any atom is 0.0927 e. The first-order valence-corrected chi connectivity index (χ1v) is 8.12. The Morgan fingerprint density at radius 2 is 1.68 bits per heavy atom. The van der Waals surface area contributed by atoms with Crippen molar-refractivity contribution in [3.05, 3.63) is 84.1 Å². The van der Waals surface area contributed by atoms with E-state index in [2.05, 4.69) is 39.8 Å². The molecule has 0 fully saturated rings. The second kappa shape index (κ2) is 6.53. The Kier molecular flexibility index (Phi) is 3.92. The van der Waals surface area contributed by atoms with Crippen LogP contribution in [0.1, 0.15) is 11.3 Å². The summed E-state index contributed by atoms with van der Waals surface area (Å²) in [5.74, 6) is 0. The Bertz CT molecular complexity index is 1030. The second-order valence-electron chi connectivity index (χ2n) is 5.86. The van der Waals surface area contributed by atoms with E-state index in [4.69, 9.17) is 5.73 Å². The highest BCUT2D eigenvalue weighted by Crippen LogP contribution is 2.24. The Morgan fingerprint density at radius 3 is 2.52 bits per heavy atom. The SMILES string of the molecule is Nc1cccc(Nc2ccc3c(C=Cc4ccccc4)n[nH]c3c2)c1. The van der Waals surface area contributed by atoms with Crippen molar-refractivity contribution in [3.63, 3.8) is 0 Å². The summed E-state index contributed by atoms with van der Waals surface area (Å²) in [5, 5.41) is 12.0. The number of H-pyrrole nitrogens is 1. The molecule has 3 aromatic carbocycles. The molecule has 0 aliphatic carbocycles. The Balaban J connectivity index is 1.59. The highest BCUT2D eigenvalue weighted by Gasteiger charge is 2.04. The fourth-order valence-corrected chi connectivity index (χ4v) is 2.77. The number of nitrogen functional groups attached to an aromatic ring is 1. The summed E-state index contributed by atoms with van der Waals surface area (Å²) in [6, 6.07) is 24.0. The van der Waals surface area contributed by atoms with E-state index in [0.717, 1.165) is 39.2 Å². The van der Waals surface area contributed by atoms with E-state index < -0.39 is 0 Å². The van der Waals surface area contributed by atoms with E-state index >= 15 is 0 Å². The molecule has 0 saturated heterocycles. The molecule has 0 bridgehead atoms. The number of fused-ring (bicyclic) bond motifs is 1. The van der Waals surface area contributed by atoms with Gasteiger partial charge < -0.3 is 11.1 Å². The summed E-state index contributed by atoms with van der Waals surface area (Å²) in [5.41, 5.74) is 11.6. The number of nitrogens with two attached hydrogens (primary N) is 1. The number of nitrogens with zero attached hydrogens (tertiary/aromatic N) is 1. The number of hydrogen-bond donors (Lipinski definition) is 3. The van der Waals surface area contributed by atoms with E-state index in [-0.39, 0.29) is 0 Å². The van der Waals surface area contributed by atoms with Crippen molar-refractivity contribution in [2.24, 2.45) is 0 Å². The molecule has 4 N–H and O–H groups in total. The van der Waals surface area contributed by atoms with Gasteiger partial charge in [0.25, 0.3) is 0 Å². The zero-order chi connectivity index (χ0) is 17.1. The van der Waals surface area contributed by atoms with Crippen LogP contribution in [0.2, 0.25) is 0 Å². The fraction of sp³-hybridized carbons (Fsp3) is 0. The second-order valence-corrected chi connectivity index (χ2v) is 5.86. The third-order valence-corrected chi connectivity index (χ3v) is 4.00. The molecular weight excluding hydrogens is 308 g/mol. The largest absolute Gasteiger partial charge is 0.399 e. The lowest BCUT2D eigenvalue weighted by atomic mass is 10.1. The third-order valence-electron chi connectivity index (χ3n) is 4.00. The summed E-state index contributed by atoms with van der Waals surface area (Å²) < 4.78 is 0. The molecular formula is C21H18N4. The van der Waals surface area contributed by atoms with Gasteiger partial charge in [0.05, 0.1) is 11.2 Å². The normalized spacial score (nSPS) is 11.2. The van der Waals surface area contributed by atoms with Gasteiger partial charge in [-0.3, -0.25) is 5.10 Å². The van der Waals surface area contributed by atoms with E-state index in [9.17, 15) is 0 Å². The van der Waals surface area contributed by atoms with Crippen molar-refractivity contribution in [2.45, 2.75) is 0 Å². The quantitative estimate of drug-likeness (QED) is 0.459. The average Bonchev–Trinajstić information content (AvgIpc) is 3.03. The van der Waals surface area contributed by atoms with Crippen LogP contribution in [0, 0.1) is 0 Å². The molecule has 1 aromatic heterocycles. The topological polar surface area (TPSA) is 66.7 Å². The van der Waals surface area contributed by atoms with E-state index in [1.54, 1.807) is 0 Å². The minimum atomic E-state index is 0.737. The van der Waals surface area contributed by atoms with Crippen molar-refractivity contribution in [3.8, 4) is 0 Å². The predicted octanol–water partition coefficient (Wildman–Crippen LogP) is 5.06. The lowest BCUT2D eigenvalue weighted by Gasteiger charge is -2.07. The van der Waals surface area contributed by atoms with E-state index in [1.807, 2.05) is 60.7 Å². The molecule has 4 heteroatoms. The molecule has 4 nitrogen and oxygen atoms in total. The lowest BCUT2D eigenvalue weighted by Crippen LogP contribution is -1.91. The molecule has 0 aliphatic rings. The first-order valence-electron chi connectivity index (χ1n) is 8.12. The van der Waals surface area contributed by atoms with Crippen LogP contribution in [0.3, 0.4) is 0 Å². The Hall–Kier alpha value is -3.53. The van der Waals surface area contributed by atoms with Gasteiger partial charge in [-0.25, -0.2) is 0 Å². The van der Waals surface area contributed by atoms with Gasteiger partial charge in [0.1, 0.15) is 0 Å². The smallest absolute Gasteiger partial charge is 0.0927 e. The van der Waals surface area contributed by atoms with Crippen LogP contribution in [0.5, 0.6) is 0 Å². The van der Waals surface area contributed by atoms with Crippen LogP contribution >= 0.6 is 0 Å². The molecule has 1 heterocycles. The maximum absolute atomic E-state index is 5.82. The Morgan fingerprint density at radius 1 is 0.840 bits per heavy atom. The molecule has 4 aromatic rings. The summed E-state index contributed by atoms with van der Waals surface area (Å²) in [6.07, 6.45) is 4.09. The number of aromatic amines is 1. The predicted molar refractivity (Wildman–Crippen MR) is 106 cm³/mol. The van der Waals surface area contributed by atoms with Crippen LogP contribution in [-0.2, 0) is 0 Å². The fourth-order valence-electron chi connectivity index (χ4n) is 2.77. The molecule has 0 saturated carbocycles. The van der Waals surface area contributed by atoms with Crippen molar-refractivity contribution in [1.29, 1.82) is 0 Å². The molecule has 0 spiro atoms. The van der Waals surface area contributed by atoms with Crippen molar-refractivity contribution >= 4 is 40.1 Å². The minimum Gasteiger partial charge on any atom is -0.399 e. The van der Waals surface area contributed by atoms with Crippen molar-refractivity contribution in [1.82, 2.24) is 10.2 Å². The van der Waals surface area contributed by atoms with Gasteiger partial charge in [-0.1, -0.05) is 42.5 Å². The standard InChI is InChI=1S/C21H18N4/c22-16-7-4-8-17(13-16)23-18-10-11-19-20(24-25-21(19)14-18)12-9-15-5-2-1-3-6-15/h1-14,23H,22H2,(H,24,25). The van der Waals surface area contributed by atoms with Crippen LogP contribution in [0.4, 0.5) is 17.1 Å². The molecule has 25 heavy (non-hydrogen) atoms. The first-order chi connectivity index (χ1) is 12.3. The molecule has 4 rings (SSSR count). The van der Waals surface area contributed by atoms with Gasteiger partial charge >= 0.3 is 0 Å². The van der Waals surface area contributed by atoms with Crippen LogP contribution in [0.25, 0.3) is 23.1 Å². The first kappa shape index (κ1) is 15.0. The number of rotatable bonds is 4. The zero-order valence-electron chi connectivity index (χ0n) is 13.6. The van der Waals surface area contributed by atoms with Gasteiger partial charge in [-0.15, -0.1) is 0 Å². The van der Waals surface area contributed by atoms with E-state index in [0.29, 0.717) is 0 Å². The highest BCUT2D eigenvalue weighted by molar-refractivity contribution is 5.91. The molecule has 0 unspecified atom stereocenters. The Labute approximate surface area is 146 Å². The number of nitrogens with one attached hydrogen (secondary N) is 2. The van der Waals surface area contributed by atoms with Gasteiger partial charge in [0.15, 0.2) is 0 Å². The highest BCUT2D eigenvalue weighted by atomic mass is 15.1. The zero-order valence-corrected chi connectivity index (χ0v) is 13.6. The third kappa shape index (κ3) is 3.38. The summed E-state index contributed by atoms with van der Waals surface area (Å²) in [6.45, 7) is 0. The van der Waals surface area contributed by atoms with Gasteiger partial charge in [-0.2, -0.15) is 5.10 Å². The molecule has 0 amide bonds. The van der Waals surface area contributed by atoms with Crippen LogP contribution in [0.15, 0.2) is 72.8 Å². The average molecular weight is 326 g/mol. The van der Waals surface area contributed by atoms with Crippen molar-refractivity contribution in [2.75, 3.05) is 11.1 Å². The summed E-state index contributed by atoms with van der Waals surface area (Å²) >= 11 is 0. The van der Waals surface area contributed by atoms with Gasteiger partial charge in [-0.05, 0) is 48.0 Å². The number of hydrogen-bond acceptors (Lipinski definition) is 3. The number of benzene rings is 3. The lowest BCUT2D eigenvalue weighted by molar-refractivity contribution is 1.11. The van der Waals surface area contributed by atoms with E-state index in [1.165, 1.54) is 0 Å². The van der Waals surface area contributed by atoms with Crippen LogP contribution < -0.4 is 11.1 Å². The molecule has 122 valence electrons. The monoisotopic (exact) mass is 326 g/mol. The van der Waals surface area contributed by atoms with Crippen LogP contribution in [-0.4, -0.2) is 10.2 Å². The number of anilines is 3. The molecule has 0 atom stereocenters. The van der Waals surface area contributed by atoms with Gasteiger partial charge in [0, 0.05) is 22.4 Å². The maximum atomic E-state index is 5.82. The van der Waals surface area contributed by atoms with Gasteiger partial charge in [0.2, 0.25) is 0 Å². The minimum absolute atomic E-state index is 0.737. The van der Waals surface area contributed by atoms with Crippen molar-refractivity contribution < 1.29 is 0 Å². The summed E-state index contributed by atoms with van der Waals surface area (Å²) in [7, 11) is 0. The number of aromatic nitrogens is 2. The molecule has 0 aliphatic heterocycles. The molecule has 0 radical (unpaired) electrons.